The number of fused-ring (bicyclic) bond motifs is 1. The SMILES string of the molecule is CNC1CCCCC1CC1COc2ccccc21. The van der Waals surface area contributed by atoms with Crippen LogP contribution in [0.3, 0.4) is 0 Å². The van der Waals surface area contributed by atoms with Gasteiger partial charge in [-0.15, -0.1) is 0 Å². The Bertz CT molecular complexity index is 404. The second-order valence-electron chi connectivity index (χ2n) is 5.72. The van der Waals surface area contributed by atoms with Crippen LogP contribution in [0, 0.1) is 5.92 Å². The number of hydrogen-bond donors (Lipinski definition) is 1. The molecule has 1 fully saturated rings. The van der Waals surface area contributed by atoms with Gasteiger partial charge < -0.3 is 10.1 Å². The maximum absolute atomic E-state index is 5.80. The highest BCUT2D eigenvalue weighted by atomic mass is 16.5. The molecule has 1 aromatic rings. The summed E-state index contributed by atoms with van der Waals surface area (Å²) in [5.74, 6) is 2.54. The zero-order valence-electron chi connectivity index (χ0n) is 11.2. The second kappa shape index (κ2) is 5.31. The Morgan fingerprint density at radius 3 is 2.94 bits per heavy atom. The summed E-state index contributed by atoms with van der Waals surface area (Å²) in [6, 6.07) is 9.26. The smallest absolute Gasteiger partial charge is 0.122 e. The summed E-state index contributed by atoms with van der Waals surface area (Å²) in [5, 5.41) is 3.51. The van der Waals surface area contributed by atoms with Gasteiger partial charge in [-0.2, -0.15) is 0 Å². The topological polar surface area (TPSA) is 21.3 Å². The molecule has 0 saturated heterocycles. The van der Waals surface area contributed by atoms with Gasteiger partial charge in [0.2, 0.25) is 0 Å². The van der Waals surface area contributed by atoms with Gasteiger partial charge in [0, 0.05) is 17.5 Å². The molecule has 2 heteroatoms. The number of nitrogens with one attached hydrogen (secondary N) is 1. The molecule has 0 radical (unpaired) electrons. The van der Waals surface area contributed by atoms with E-state index < -0.39 is 0 Å². The average Bonchev–Trinajstić information content (AvgIpc) is 2.83. The highest BCUT2D eigenvalue weighted by Gasteiger charge is 2.31. The molecule has 3 rings (SSSR count). The fraction of sp³-hybridized carbons (Fsp3) is 0.625. The number of para-hydroxylation sites is 1. The highest BCUT2D eigenvalue weighted by molar-refractivity contribution is 5.39. The predicted octanol–water partition coefficient (Wildman–Crippen LogP) is 3.33. The van der Waals surface area contributed by atoms with Crippen LogP contribution in [0.1, 0.15) is 43.6 Å². The maximum Gasteiger partial charge on any atom is 0.122 e. The highest BCUT2D eigenvalue weighted by Crippen LogP contribution is 2.40. The molecule has 1 saturated carbocycles. The molecule has 1 heterocycles. The molecule has 18 heavy (non-hydrogen) atoms. The molecule has 3 atom stereocenters. The van der Waals surface area contributed by atoms with Crippen molar-refractivity contribution in [2.45, 2.75) is 44.1 Å². The van der Waals surface area contributed by atoms with Crippen molar-refractivity contribution in [1.29, 1.82) is 0 Å². The lowest BCUT2D eigenvalue weighted by molar-refractivity contribution is 0.230. The molecule has 0 spiro atoms. The third-order valence-corrected chi connectivity index (χ3v) is 4.67. The van der Waals surface area contributed by atoms with Gasteiger partial charge in [-0.3, -0.25) is 0 Å². The summed E-state index contributed by atoms with van der Waals surface area (Å²) in [6.07, 6.45) is 6.79. The van der Waals surface area contributed by atoms with Crippen molar-refractivity contribution in [3.8, 4) is 5.75 Å². The standard InChI is InChI=1S/C16H23NO/c1-17-15-8-4-2-6-12(15)10-13-11-18-16-9-5-3-7-14(13)16/h3,5,7,9,12-13,15,17H,2,4,6,8,10-11H2,1H3. The monoisotopic (exact) mass is 245 g/mol. The van der Waals surface area contributed by atoms with Gasteiger partial charge in [-0.1, -0.05) is 31.0 Å². The largest absolute Gasteiger partial charge is 0.493 e. The molecule has 2 aliphatic rings. The fourth-order valence-electron chi connectivity index (χ4n) is 3.66. The first-order valence-corrected chi connectivity index (χ1v) is 7.27. The second-order valence-corrected chi connectivity index (χ2v) is 5.72. The van der Waals surface area contributed by atoms with Gasteiger partial charge >= 0.3 is 0 Å². The lowest BCUT2D eigenvalue weighted by Gasteiger charge is -2.32. The molecular weight excluding hydrogens is 222 g/mol. The molecule has 1 aromatic carbocycles. The zero-order valence-corrected chi connectivity index (χ0v) is 11.2. The summed E-state index contributed by atoms with van der Waals surface area (Å²) in [5.41, 5.74) is 1.43. The van der Waals surface area contributed by atoms with Gasteiger partial charge in [-0.25, -0.2) is 0 Å². The van der Waals surface area contributed by atoms with E-state index in [2.05, 4.69) is 36.6 Å². The Morgan fingerprint density at radius 1 is 1.22 bits per heavy atom. The summed E-state index contributed by atoms with van der Waals surface area (Å²) >= 11 is 0. The van der Waals surface area contributed by atoms with E-state index in [1.54, 1.807) is 0 Å². The number of benzene rings is 1. The summed E-state index contributed by atoms with van der Waals surface area (Å²) in [4.78, 5) is 0. The van der Waals surface area contributed by atoms with E-state index in [9.17, 15) is 0 Å². The number of hydrogen-bond acceptors (Lipinski definition) is 2. The third-order valence-electron chi connectivity index (χ3n) is 4.67. The molecule has 0 bridgehead atoms. The summed E-state index contributed by atoms with van der Waals surface area (Å²) < 4.78 is 5.80. The Hall–Kier alpha value is -1.02. The maximum atomic E-state index is 5.80. The van der Waals surface area contributed by atoms with Gasteiger partial charge in [0.05, 0.1) is 6.61 Å². The molecule has 1 aliphatic heterocycles. The molecule has 0 amide bonds. The normalized spacial score (nSPS) is 30.8. The van der Waals surface area contributed by atoms with Crippen molar-refractivity contribution < 1.29 is 4.74 Å². The van der Waals surface area contributed by atoms with Crippen LogP contribution in [0.15, 0.2) is 24.3 Å². The van der Waals surface area contributed by atoms with Gasteiger partial charge in [-0.05, 0) is 38.3 Å². The van der Waals surface area contributed by atoms with Crippen LogP contribution in [-0.2, 0) is 0 Å². The number of ether oxygens (including phenoxy) is 1. The van der Waals surface area contributed by atoms with E-state index in [1.807, 2.05) is 0 Å². The Kier molecular flexibility index (Phi) is 3.55. The van der Waals surface area contributed by atoms with Gasteiger partial charge in [0.1, 0.15) is 5.75 Å². The van der Waals surface area contributed by atoms with Gasteiger partial charge in [0.25, 0.3) is 0 Å². The van der Waals surface area contributed by atoms with E-state index in [-0.39, 0.29) is 0 Å². The Labute approximate surface area is 110 Å². The first-order valence-electron chi connectivity index (χ1n) is 7.27. The first kappa shape index (κ1) is 12.0. The van der Waals surface area contributed by atoms with Crippen LogP contribution < -0.4 is 10.1 Å². The fourth-order valence-corrected chi connectivity index (χ4v) is 3.66. The first-order chi connectivity index (χ1) is 8.88. The van der Waals surface area contributed by atoms with Gasteiger partial charge in [0.15, 0.2) is 0 Å². The Morgan fingerprint density at radius 2 is 2.06 bits per heavy atom. The van der Waals surface area contributed by atoms with Crippen molar-refractivity contribution >= 4 is 0 Å². The van der Waals surface area contributed by atoms with E-state index in [0.717, 1.165) is 18.3 Å². The molecule has 1 N–H and O–H groups in total. The van der Waals surface area contributed by atoms with Crippen molar-refractivity contribution in [3.05, 3.63) is 29.8 Å². The lowest BCUT2D eigenvalue weighted by Crippen LogP contribution is -2.37. The third kappa shape index (κ3) is 2.26. The predicted molar refractivity (Wildman–Crippen MR) is 74.1 cm³/mol. The van der Waals surface area contributed by atoms with Crippen LogP contribution in [0.4, 0.5) is 0 Å². The quantitative estimate of drug-likeness (QED) is 0.882. The van der Waals surface area contributed by atoms with Crippen LogP contribution >= 0.6 is 0 Å². The minimum Gasteiger partial charge on any atom is -0.493 e. The summed E-state index contributed by atoms with van der Waals surface area (Å²) in [6.45, 7) is 0.881. The van der Waals surface area contributed by atoms with E-state index in [1.165, 1.54) is 37.7 Å². The molecule has 2 nitrogen and oxygen atoms in total. The molecule has 98 valence electrons. The minimum absolute atomic E-state index is 0.611. The van der Waals surface area contributed by atoms with Crippen LogP contribution in [0.25, 0.3) is 0 Å². The van der Waals surface area contributed by atoms with Crippen LogP contribution in [0.2, 0.25) is 0 Å². The lowest BCUT2D eigenvalue weighted by atomic mass is 9.78. The summed E-state index contributed by atoms with van der Waals surface area (Å²) in [7, 11) is 2.11. The van der Waals surface area contributed by atoms with E-state index >= 15 is 0 Å². The number of rotatable bonds is 3. The van der Waals surface area contributed by atoms with Crippen LogP contribution in [0.5, 0.6) is 5.75 Å². The Balaban J connectivity index is 1.70. The minimum atomic E-state index is 0.611. The van der Waals surface area contributed by atoms with Crippen molar-refractivity contribution in [3.63, 3.8) is 0 Å². The molecule has 1 aliphatic carbocycles. The molecular formula is C16H23NO. The van der Waals surface area contributed by atoms with Crippen LogP contribution in [-0.4, -0.2) is 19.7 Å². The van der Waals surface area contributed by atoms with Crippen molar-refractivity contribution in [2.75, 3.05) is 13.7 Å². The van der Waals surface area contributed by atoms with E-state index in [4.69, 9.17) is 4.74 Å². The zero-order chi connectivity index (χ0) is 12.4. The van der Waals surface area contributed by atoms with Crippen molar-refractivity contribution in [2.24, 2.45) is 5.92 Å². The van der Waals surface area contributed by atoms with Crippen molar-refractivity contribution in [1.82, 2.24) is 5.32 Å². The van der Waals surface area contributed by atoms with E-state index in [0.29, 0.717) is 12.0 Å². The molecule has 3 unspecified atom stereocenters. The average molecular weight is 245 g/mol. The molecule has 0 aromatic heterocycles.